The highest BCUT2D eigenvalue weighted by atomic mass is 35.5. The molecule has 1 aromatic rings. The molecule has 0 atom stereocenters. The van der Waals surface area contributed by atoms with Gasteiger partial charge in [0.1, 0.15) is 5.75 Å². The summed E-state index contributed by atoms with van der Waals surface area (Å²) in [5.74, 6) is 1.10. The zero-order valence-electron chi connectivity index (χ0n) is 10.0. The van der Waals surface area contributed by atoms with Gasteiger partial charge in [0.05, 0.1) is 6.61 Å². The van der Waals surface area contributed by atoms with Crippen molar-refractivity contribution in [3.8, 4) is 5.75 Å². The Hall–Kier alpha value is -1.22. The van der Waals surface area contributed by atoms with Crippen molar-refractivity contribution in [3.05, 3.63) is 24.3 Å². The van der Waals surface area contributed by atoms with Crippen LogP contribution in [0.25, 0.3) is 0 Å². The summed E-state index contributed by atoms with van der Waals surface area (Å²) in [7, 11) is 0. The van der Waals surface area contributed by atoms with Crippen molar-refractivity contribution in [2.75, 3.05) is 17.8 Å². The lowest BCUT2D eigenvalue weighted by atomic mass is 10.3. The highest BCUT2D eigenvalue weighted by Gasteiger charge is 2.01. The molecular weight excluding hydrogens is 238 g/mol. The minimum atomic E-state index is -0.0698. The molecule has 0 saturated carbocycles. The van der Waals surface area contributed by atoms with E-state index >= 15 is 0 Å². The molecule has 0 aliphatic carbocycles. The molecule has 0 aliphatic rings. The van der Waals surface area contributed by atoms with Gasteiger partial charge in [0.15, 0.2) is 0 Å². The van der Waals surface area contributed by atoms with Crippen molar-refractivity contribution < 1.29 is 9.53 Å². The summed E-state index contributed by atoms with van der Waals surface area (Å²) in [5, 5.41) is 2.76. The first-order valence-corrected chi connectivity index (χ1v) is 6.38. The molecule has 0 aliphatic heterocycles. The van der Waals surface area contributed by atoms with Crippen LogP contribution in [0.3, 0.4) is 0 Å². The summed E-state index contributed by atoms with van der Waals surface area (Å²) < 4.78 is 5.52. The molecular formula is C13H18ClNO2. The van der Waals surface area contributed by atoms with Gasteiger partial charge in [-0.3, -0.25) is 4.79 Å². The van der Waals surface area contributed by atoms with E-state index in [0.717, 1.165) is 30.9 Å². The van der Waals surface area contributed by atoms with Crippen LogP contribution in [0.5, 0.6) is 5.75 Å². The Labute approximate surface area is 107 Å². The fraction of sp³-hybridized carbons (Fsp3) is 0.462. The van der Waals surface area contributed by atoms with Gasteiger partial charge in [-0.05, 0) is 30.7 Å². The molecule has 94 valence electrons. The van der Waals surface area contributed by atoms with Gasteiger partial charge < -0.3 is 10.1 Å². The van der Waals surface area contributed by atoms with E-state index in [1.54, 1.807) is 0 Å². The molecule has 0 unspecified atom stereocenters. The second kappa shape index (κ2) is 7.96. The van der Waals surface area contributed by atoms with Crippen molar-refractivity contribution in [2.45, 2.75) is 26.2 Å². The van der Waals surface area contributed by atoms with E-state index in [4.69, 9.17) is 16.3 Å². The van der Waals surface area contributed by atoms with Gasteiger partial charge in [0.25, 0.3) is 0 Å². The third-order valence-corrected chi connectivity index (χ3v) is 2.42. The number of benzene rings is 1. The zero-order valence-corrected chi connectivity index (χ0v) is 10.8. The first-order chi connectivity index (χ1) is 8.26. The lowest BCUT2D eigenvalue weighted by Gasteiger charge is -2.07. The summed E-state index contributed by atoms with van der Waals surface area (Å²) in [6, 6.07) is 7.36. The SMILES string of the molecule is CCCCOc1ccc(NC(=O)CCCl)cc1. The van der Waals surface area contributed by atoms with Crippen LogP contribution in [0, 0.1) is 0 Å². The maximum Gasteiger partial charge on any atom is 0.225 e. The summed E-state index contributed by atoms with van der Waals surface area (Å²) in [4.78, 5) is 11.3. The Bertz CT molecular complexity index is 338. The Morgan fingerprint density at radius 3 is 2.65 bits per heavy atom. The van der Waals surface area contributed by atoms with Crippen molar-refractivity contribution in [1.82, 2.24) is 0 Å². The van der Waals surface area contributed by atoms with Crippen LogP contribution < -0.4 is 10.1 Å². The Balaban J connectivity index is 2.41. The van der Waals surface area contributed by atoms with E-state index in [2.05, 4.69) is 12.2 Å². The number of ether oxygens (including phenoxy) is 1. The number of carbonyl (C=O) groups excluding carboxylic acids is 1. The number of alkyl halides is 1. The lowest BCUT2D eigenvalue weighted by Crippen LogP contribution is -2.11. The zero-order chi connectivity index (χ0) is 12.5. The van der Waals surface area contributed by atoms with Gasteiger partial charge in [-0.1, -0.05) is 13.3 Å². The van der Waals surface area contributed by atoms with Gasteiger partial charge in [-0.25, -0.2) is 0 Å². The summed E-state index contributed by atoms with van der Waals surface area (Å²) in [5.41, 5.74) is 0.767. The number of hydrogen-bond donors (Lipinski definition) is 1. The molecule has 17 heavy (non-hydrogen) atoms. The molecule has 1 amide bonds. The van der Waals surface area contributed by atoms with Crippen LogP contribution in [-0.2, 0) is 4.79 Å². The smallest absolute Gasteiger partial charge is 0.225 e. The second-order valence-corrected chi connectivity index (χ2v) is 4.09. The number of anilines is 1. The van der Waals surface area contributed by atoms with Crippen LogP contribution in [0.2, 0.25) is 0 Å². The van der Waals surface area contributed by atoms with E-state index in [-0.39, 0.29) is 5.91 Å². The number of hydrogen-bond acceptors (Lipinski definition) is 2. The van der Waals surface area contributed by atoms with Crippen LogP contribution >= 0.6 is 11.6 Å². The van der Waals surface area contributed by atoms with Gasteiger partial charge in [0.2, 0.25) is 5.91 Å². The number of halogens is 1. The monoisotopic (exact) mass is 255 g/mol. The highest BCUT2D eigenvalue weighted by molar-refractivity contribution is 6.19. The molecule has 0 fully saturated rings. The van der Waals surface area contributed by atoms with Crippen LogP contribution in [0.1, 0.15) is 26.2 Å². The standard InChI is InChI=1S/C13H18ClNO2/c1-2-3-10-17-12-6-4-11(5-7-12)15-13(16)8-9-14/h4-7H,2-3,8-10H2,1H3,(H,15,16). The fourth-order valence-corrected chi connectivity index (χ4v) is 1.45. The van der Waals surface area contributed by atoms with E-state index in [9.17, 15) is 4.79 Å². The number of nitrogens with one attached hydrogen (secondary N) is 1. The van der Waals surface area contributed by atoms with Crippen LogP contribution in [0.15, 0.2) is 24.3 Å². The molecule has 1 N–H and O–H groups in total. The largest absolute Gasteiger partial charge is 0.494 e. The Morgan fingerprint density at radius 1 is 1.35 bits per heavy atom. The second-order valence-electron chi connectivity index (χ2n) is 3.71. The van der Waals surface area contributed by atoms with E-state index in [1.165, 1.54) is 0 Å². The molecule has 4 heteroatoms. The summed E-state index contributed by atoms with van der Waals surface area (Å²) in [6.07, 6.45) is 2.50. The van der Waals surface area contributed by atoms with Crippen molar-refractivity contribution >= 4 is 23.2 Å². The molecule has 3 nitrogen and oxygen atoms in total. The molecule has 0 spiro atoms. The fourth-order valence-electron chi connectivity index (χ4n) is 1.28. The van der Waals surface area contributed by atoms with Crippen molar-refractivity contribution in [1.29, 1.82) is 0 Å². The third-order valence-electron chi connectivity index (χ3n) is 2.23. The number of amides is 1. The average molecular weight is 256 g/mol. The van der Waals surface area contributed by atoms with Crippen LogP contribution in [-0.4, -0.2) is 18.4 Å². The van der Waals surface area contributed by atoms with Gasteiger partial charge >= 0.3 is 0 Å². The van der Waals surface area contributed by atoms with Gasteiger partial charge in [-0.15, -0.1) is 11.6 Å². The highest BCUT2D eigenvalue weighted by Crippen LogP contribution is 2.16. The predicted octanol–water partition coefficient (Wildman–Crippen LogP) is 3.43. The average Bonchev–Trinajstić information content (AvgIpc) is 2.32. The third kappa shape index (κ3) is 5.59. The maximum atomic E-state index is 11.3. The molecule has 0 radical (unpaired) electrons. The van der Waals surface area contributed by atoms with Crippen molar-refractivity contribution in [2.24, 2.45) is 0 Å². The normalized spacial score (nSPS) is 10.0. The first-order valence-electron chi connectivity index (χ1n) is 5.85. The van der Waals surface area contributed by atoms with Gasteiger partial charge in [-0.2, -0.15) is 0 Å². The maximum absolute atomic E-state index is 11.3. The van der Waals surface area contributed by atoms with Crippen molar-refractivity contribution in [3.63, 3.8) is 0 Å². The molecule has 1 aromatic carbocycles. The molecule has 1 rings (SSSR count). The summed E-state index contributed by atoms with van der Waals surface area (Å²) >= 11 is 5.48. The molecule has 0 saturated heterocycles. The van der Waals surface area contributed by atoms with E-state index in [1.807, 2.05) is 24.3 Å². The number of carbonyl (C=O) groups is 1. The first kappa shape index (κ1) is 13.8. The lowest BCUT2D eigenvalue weighted by molar-refractivity contribution is -0.115. The van der Waals surface area contributed by atoms with E-state index < -0.39 is 0 Å². The minimum absolute atomic E-state index is 0.0698. The Morgan fingerprint density at radius 2 is 2.06 bits per heavy atom. The number of unbranched alkanes of at least 4 members (excludes halogenated alkanes) is 1. The van der Waals surface area contributed by atoms with E-state index in [0.29, 0.717) is 12.3 Å². The predicted molar refractivity (Wildman–Crippen MR) is 70.8 cm³/mol. The van der Waals surface area contributed by atoms with Crippen LogP contribution in [0.4, 0.5) is 5.69 Å². The molecule has 0 aromatic heterocycles. The van der Waals surface area contributed by atoms with Gasteiger partial charge in [0, 0.05) is 18.0 Å². The Kier molecular flexibility index (Phi) is 6.48. The number of rotatable bonds is 7. The minimum Gasteiger partial charge on any atom is -0.494 e. The molecule has 0 heterocycles. The summed E-state index contributed by atoms with van der Waals surface area (Å²) in [6.45, 7) is 2.85. The molecule has 0 bridgehead atoms. The topological polar surface area (TPSA) is 38.3 Å². The quantitative estimate of drug-likeness (QED) is 0.599.